The van der Waals surface area contributed by atoms with Crippen LogP contribution in [0.25, 0.3) is 0 Å². The number of hydrogen-bond acceptors (Lipinski definition) is 5. The molecule has 0 aliphatic carbocycles. The van der Waals surface area contributed by atoms with E-state index in [-0.39, 0.29) is 15.5 Å². The van der Waals surface area contributed by atoms with E-state index in [0.717, 1.165) is 11.1 Å². The van der Waals surface area contributed by atoms with Crippen LogP contribution in [0, 0.1) is 17.4 Å². The first kappa shape index (κ1) is 23.4. The lowest BCUT2D eigenvalue weighted by molar-refractivity contribution is 0.411. The molecule has 7 nitrogen and oxygen atoms in total. The zero-order chi connectivity index (χ0) is 22.8. The maximum atomic E-state index is 12.7. The molecule has 0 amide bonds. The largest absolute Gasteiger partial charge is 0.496 e. The molecule has 0 heterocycles. The number of halogens is 1. The summed E-state index contributed by atoms with van der Waals surface area (Å²) < 4.78 is 61.4. The predicted octanol–water partition coefficient (Wildman–Crippen LogP) is 4.52. The fraction of sp³-hybridized carbons (Fsp3) is 0.143. The van der Waals surface area contributed by atoms with Crippen molar-refractivity contribution < 1.29 is 21.6 Å². The second kappa shape index (κ2) is 9.05. The molecule has 31 heavy (non-hydrogen) atoms. The van der Waals surface area contributed by atoms with Gasteiger partial charge in [0.25, 0.3) is 20.0 Å². The van der Waals surface area contributed by atoms with Crippen LogP contribution in [0.15, 0.2) is 70.5 Å². The first-order valence-electron chi connectivity index (χ1n) is 9.08. The normalized spacial score (nSPS) is 11.7. The molecule has 0 aliphatic heterocycles. The second-order valence-electron chi connectivity index (χ2n) is 6.83. The van der Waals surface area contributed by atoms with Crippen LogP contribution in [0.2, 0.25) is 0 Å². The Labute approximate surface area is 196 Å². The van der Waals surface area contributed by atoms with Crippen molar-refractivity contribution in [3.05, 3.63) is 75.4 Å². The van der Waals surface area contributed by atoms with Crippen molar-refractivity contribution in [2.75, 3.05) is 16.6 Å². The van der Waals surface area contributed by atoms with Crippen LogP contribution in [-0.4, -0.2) is 23.9 Å². The Morgan fingerprint density at radius 2 is 1.26 bits per heavy atom. The molecule has 164 valence electrons. The molecule has 0 spiro atoms. The third-order valence-corrected chi connectivity index (χ3v) is 8.23. The van der Waals surface area contributed by atoms with E-state index in [1.807, 2.05) is 42.5 Å². The molecule has 0 bridgehead atoms. The van der Waals surface area contributed by atoms with Gasteiger partial charge < -0.3 is 4.74 Å². The monoisotopic (exact) mass is 572 g/mol. The summed E-state index contributed by atoms with van der Waals surface area (Å²) in [6, 6.07) is 15.3. The van der Waals surface area contributed by atoms with Crippen LogP contribution < -0.4 is 14.2 Å². The quantitative estimate of drug-likeness (QED) is 0.406. The summed E-state index contributed by atoms with van der Waals surface area (Å²) >= 11 is 1.99. The number of anilines is 2. The van der Waals surface area contributed by atoms with Crippen molar-refractivity contribution in [3.63, 3.8) is 0 Å². The predicted molar refractivity (Wildman–Crippen MR) is 130 cm³/mol. The van der Waals surface area contributed by atoms with Gasteiger partial charge in [-0.1, -0.05) is 6.07 Å². The molecule has 3 aromatic carbocycles. The SMILES string of the molecule is COc1ccc(S(=O)(=O)Nc2ccc(S(=O)(=O)Nc3ccc(C)c(C)c3)cc2)cc1I. The third-order valence-electron chi connectivity index (χ3n) is 4.61. The Bertz CT molecular complexity index is 1320. The van der Waals surface area contributed by atoms with Crippen LogP contribution in [0.5, 0.6) is 5.75 Å². The Morgan fingerprint density at radius 3 is 1.84 bits per heavy atom. The molecule has 0 radical (unpaired) electrons. The minimum atomic E-state index is -3.84. The summed E-state index contributed by atoms with van der Waals surface area (Å²) in [4.78, 5) is 0.0958. The van der Waals surface area contributed by atoms with Gasteiger partial charge in [-0.05, 0) is 102 Å². The number of rotatable bonds is 7. The molecule has 0 atom stereocenters. The molecule has 2 N–H and O–H groups in total. The van der Waals surface area contributed by atoms with Crippen LogP contribution in [0.4, 0.5) is 11.4 Å². The molecule has 0 aliphatic rings. The third kappa shape index (κ3) is 5.49. The number of benzene rings is 3. The standard InChI is InChI=1S/C21H21IN2O5S2/c1-14-4-5-17(12-15(14)2)24-30(25,26)18-8-6-16(7-9-18)23-31(27,28)19-10-11-21(29-3)20(22)13-19/h4-13,23-24H,1-3H3. The van der Waals surface area contributed by atoms with Gasteiger partial charge in [-0.2, -0.15) is 0 Å². The average Bonchev–Trinajstić information content (AvgIpc) is 2.70. The van der Waals surface area contributed by atoms with Crippen molar-refractivity contribution in [2.24, 2.45) is 0 Å². The summed E-state index contributed by atoms with van der Waals surface area (Å²) in [7, 11) is -6.14. The van der Waals surface area contributed by atoms with E-state index in [0.29, 0.717) is 15.0 Å². The average molecular weight is 572 g/mol. The molecule has 0 fully saturated rings. The Hall–Kier alpha value is -2.31. The fourth-order valence-electron chi connectivity index (χ4n) is 2.75. The molecule has 10 heteroatoms. The van der Waals surface area contributed by atoms with E-state index in [2.05, 4.69) is 9.44 Å². The van der Waals surface area contributed by atoms with Crippen LogP contribution in [0.3, 0.4) is 0 Å². The number of methoxy groups -OCH3 is 1. The topological polar surface area (TPSA) is 102 Å². The van der Waals surface area contributed by atoms with Gasteiger partial charge in [0.1, 0.15) is 5.75 Å². The van der Waals surface area contributed by atoms with Crippen molar-refractivity contribution in [1.82, 2.24) is 0 Å². The zero-order valence-electron chi connectivity index (χ0n) is 17.0. The van der Waals surface area contributed by atoms with Gasteiger partial charge >= 0.3 is 0 Å². The van der Waals surface area contributed by atoms with Crippen molar-refractivity contribution in [1.29, 1.82) is 0 Å². The number of hydrogen-bond donors (Lipinski definition) is 2. The highest BCUT2D eigenvalue weighted by Crippen LogP contribution is 2.26. The smallest absolute Gasteiger partial charge is 0.261 e. The number of aryl methyl sites for hydroxylation is 2. The second-order valence-corrected chi connectivity index (χ2v) is 11.4. The van der Waals surface area contributed by atoms with E-state index < -0.39 is 20.0 Å². The lowest BCUT2D eigenvalue weighted by Gasteiger charge is -2.12. The summed E-state index contributed by atoms with van der Waals surface area (Å²) in [5.74, 6) is 0.574. The highest BCUT2D eigenvalue weighted by atomic mass is 127. The van der Waals surface area contributed by atoms with Gasteiger partial charge in [0.2, 0.25) is 0 Å². The van der Waals surface area contributed by atoms with E-state index in [4.69, 9.17) is 4.74 Å². The summed E-state index contributed by atoms with van der Waals surface area (Å²) in [6.45, 7) is 3.85. The van der Waals surface area contributed by atoms with Gasteiger partial charge in [0.15, 0.2) is 0 Å². The van der Waals surface area contributed by atoms with Gasteiger partial charge in [-0.15, -0.1) is 0 Å². The summed E-state index contributed by atoms with van der Waals surface area (Å²) in [5, 5.41) is 0. The van der Waals surface area contributed by atoms with E-state index in [1.54, 1.807) is 18.2 Å². The molecule has 3 aromatic rings. The van der Waals surface area contributed by atoms with Gasteiger partial charge in [0.05, 0.1) is 20.5 Å². The lowest BCUT2D eigenvalue weighted by atomic mass is 10.1. The van der Waals surface area contributed by atoms with Gasteiger partial charge in [0, 0.05) is 11.4 Å². The van der Waals surface area contributed by atoms with E-state index >= 15 is 0 Å². The van der Waals surface area contributed by atoms with Crippen LogP contribution in [-0.2, 0) is 20.0 Å². The molecular weight excluding hydrogens is 551 g/mol. The molecule has 0 saturated carbocycles. The first-order chi connectivity index (χ1) is 14.5. The molecule has 0 aromatic heterocycles. The molecule has 0 unspecified atom stereocenters. The zero-order valence-corrected chi connectivity index (χ0v) is 20.8. The number of ether oxygens (including phenoxy) is 1. The van der Waals surface area contributed by atoms with Gasteiger partial charge in [-0.3, -0.25) is 9.44 Å². The molecule has 0 saturated heterocycles. The Kier molecular flexibility index (Phi) is 6.82. The van der Waals surface area contributed by atoms with Gasteiger partial charge in [-0.25, -0.2) is 16.8 Å². The Morgan fingerprint density at radius 1 is 0.710 bits per heavy atom. The summed E-state index contributed by atoms with van der Waals surface area (Å²) in [6.07, 6.45) is 0. The van der Waals surface area contributed by atoms with Crippen molar-refractivity contribution in [2.45, 2.75) is 23.6 Å². The highest BCUT2D eigenvalue weighted by molar-refractivity contribution is 14.1. The van der Waals surface area contributed by atoms with Crippen LogP contribution >= 0.6 is 22.6 Å². The van der Waals surface area contributed by atoms with Crippen molar-refractivity contribution >= 4 is 54.0 Å². The maximum Gasteiger partial charge on any atom is 0.261 e. The Balaban J connectivity index is 1.79. The summed E-state index contributed by atoms with van der Waals surface area (Å²) in [5.41, 5.74) is 2.74. The number of nitrogens with one attached hydrogen (secondary N) is 2. The van der Waals surface area contributed by atoms with Crippen LogP contribution in [0.1, 0.15) is 11.1 Å². The highest BCUT2D eigenvalue weighted by Gasteiger charge is 2.18. The van der Waals surface area contributed by atoms with Crippen molar-refractivity contribution in [3.8, 4) is 5.75 Å². The lowest BCUT2D eigenvalue weighted by Crippen LogP contribution is -2.15. The maximum absolute atomic E-state index is 12.7. The number of sulfonamides is 2. The fourth-order valence-corrected chi connectivity index (χ4v) is 5.83. The minimum Gasteiger partial charge on any atom is -0.496 e. The first-order valence-corrected chi connectivity index (χ1v) is 13.1. The molecule has 3 rings (SSSR count). The van der Waals surface area contributed by atoms with E-state index in [9.17, 15) is 16.8 Å². The minimum absolute atomic E-state index is 0.0210. The molecular formula is C21H21IN2O5S2. The van der Waals surface area contributed by atoms with E-state index in [1.165, 1.54) is 43.5 Å².